The summed E-state index contributed by atoms with van der Waals surface area (Å²) in [7, 11) is -4.34. The number of nitrogens with two attached hydrogens (primary N) is 1. The van der Waals surface area contributed by atoms with E-state index in [9.17, 15) is 21.2 Å². The van der Waals surface area contributed by atoms with Crippen molar-refractivity contribution in [3.8, 4) is 11.1 Å². The van der Waals surface area contributed by atoms with Crippen LogP contribution in [0.3, 0.4) is 0 Å². The lowest BCUT2D eigenvalue weighted by Gasteiger charge is -2.13. The van der Waals surface area contributed by atoms with Crippen molar-refractivity contribution in [3.63, 3.8) is 0 Å². The lowest BCUT2D eigenvalue weighted by atomic mass is 10.0. The molecule has 0 radical (unpaired) electrons. The first-order chi connectivity index (χ1) is 15.8. The molecule has 11 heteroatoms. The van der Waals surface area contributed by atoms with E-state index >= 15 is 0 Å². The van der Waals surface area contributed by atoms with E-state index in [1.807, 2.05) is 0 Å². The van der Waals surface area contributed by atoms with Crippen LogP contribution in [0.15, 0.2) is 64.2 Å². The highest BCUT2D eigenvalue weighted by Crippen LogP contribution is 2.38. The largest absolute Gasteiger partial charge is 0.337 e. The van der Waals surface area contributed by atoms with Gasteiger partial charge in [-0.3, -0.25) is 0 Å². The maximum Gasteiger partial charge on any atom is 0.242 e. The first-order valence-corrected chi connectivity index (χ1v) is 13.7. The molecule has 0 aliphatic heterocycles. The molecule has 192 valence electrons. The predicted molar refractivity (Wildman–Crippen MR) is 141 cm³/mol. The van der Waals surface area contributed by atoms with E-state index in [4.69, 9.17) is 5.73 Å². The lowest BCUT2D eigenvalue weighted by molar-refractivity contribution is 0.521. The normalized spacial score (nSPS) is 13.0. The Kier molecular flexibility index (Phi) is 8.94. The second kappa shape index (κ2) is 10.8. The molecule has 0 saturated carbocycles. The summed E-state index contributed by atoms with van der Waals surface area (Å²) in [6, 6.07) is 11.2. The van der Waals surface area contributed by atoms with E-state index in [0.717, 1.165) is 4.31 Å². The molecule has 0 fully saturated rings. The number of hydrogen-bond acceptors (Lipinski definition) is 5. The van der Waals surface area contributed by atoms with Crippen LogP contribution in [0.4, 0.5) is 4.39 Å². The van der Waals surface area contributed by atoms with Crippen molar-refractivity contribution in [2.75, 3.05) is 20.6 Å². The molecule has 0 amide bonds. The number of benzene rings is 2. The van der Waals surface area contributed by atoms with Crippen molar-refractivity contribution in [1.82, 2.24) is 8.87 Å². The first kappa shape index (κ1) is 29.0. The average Bonchev–Trinajstić information content (AvgIpc) is 3.04. The zero-order valence-electron chi connectivity index (χ0n) is 20.3. The minimum Gasteiger partial charge on any atom is -0.337 e. The topological polar surface area (TPSA) is 102 Å². The highest BCUT2D eigenvalue weighted by atomic mass is 35.5. The molecule has 1 heterocycles. The monoisotopic (exact) mass is 543 g/mol. The smallest absolute Gasteiger partial charge is 0.242 e. The van der Waals surface area contributed by atoms with Gasteiger partial charge in [0.25, 0.3) is 0 Å². The number of aromatic nitrogens is 1. The Balaban J connectivity index is 0.00000432. The third kappa shape index (κ3) is 5.46. The van der Waals surface area contributed by atoms with Crippen LogP contribution in [0, 0.1) is 6.92 Å². The maximum atomic E-state index is 14.5. The number of halogens is 2. The Morgan fingerprint density at radius 3 is 2.31 bits per heavy atom. The summed E-state index contributed by atoms with van der Waals surface area (Å²) in [6.45, 7) is 5.00. The summed E-state index contributed by atoms with van der Waals surface area (Å²) in [5, 5.41) is -0.0192. The summed E-state index contributed by atoms with van der Waals surface area (Å²) >= 11 is 0. The van der Waals surface area contributed by atoms with Crippen LogP contribution in [0.1, 0.15) is 19.5 Å². The Morgan fingerprint density at radius 2 is 1.74 bits per heavy atom. The molecule has 0 bridgehead atoms. The van der Waals surface area contributed by atoms with Gasteiger partial charge >= 0.3 is 0 Å². The van der Waals surface area contributed by atoms with Gasteiger partial charge in [-0.25, -0.2) is 25.5 Å². The molecule has 2 aromatic carbocycles. The number of sulfonamides is 1. The molecular weight excluding hydrogens is 513 g/mol. The molecule has 1 aromatic heterocycles. The minimum absolute atomic E-state index is 0. The fourth-order valence-corrected chi connectivity index (χ4v) is 5.88. The average molecular weight is 544 g/mol. The SMILES string of the molecule is Cc1c(-c2cccc(S(=O)(=O)N(C)C)c2)c2cc(S(=O)(=O)C(C)C)ccc2n1C/C(F)=C/CN.Cl. The van der Waals surface area contributed by atoms with Gasteiger partial charge in [0.05, 0.1) is 21.6 Å². The third-order valence-electron chi connectivity index (χ3n) is 5.79. The van der Waals surface area contributed by atoms with Crippen molar-refractivity contribution < 1.29 is 21.2 Å². The van der Waals surface area contributed by atoms with Gasteiger partial charge in [0.1, 0.15) is 5.83 Å². The minimum atomic E-state index is -3.69. The van der Waals surface area contributed by atoms with Crippen molar-refractivity contribution in [2.24, 2.45) is 5.73 Å². The van der Waals surface area contributed by atoms with Gasteiger partial charge in [-0.05, 0) is 62.7 Å². The number of rotatable bonds is 8. The van der Waals surface area contributed by atoms with Crippen LogP contribution in [0.25, 0.3) is 22.0 Å². The zero-order chi connectivity index (χ0) is 25.4. The number of nitrogens with zero attached hydrogens (tertiary/aromatic N) is 2. The Morgan fingerprint density at radius 1 is 1.09 bits per heavy atom. The molecule has 0 atom stereocenters. The highest BCUT2D eigenvalue weighted by molar-refractivity contribution is 7.92. The molecule has 0 spiro atoms. The van der Waals surface area contributed by atoms with Crippen LogP contribution < -0.4 is 5.73 Å². The number of hydrogen-bond donors (Lipinski definition) is 1. The van der Waals surface area contributed by atoms with Gasteiger partial charge < -0.3 is 10.3 Å². The van der Waals surface area contributed by atoms with E-state index < -0.39 is 30.9 Å². The Bertz CT molecular complexity index is 1480. The molecule has 2 N–H and O–H groups in total. The number of allylic oxidation sites excluding steroid dienone is 1. The summed E-state index contributed by atoms with van der Waals surface area (Å²) in [4.78, 5) is 0.263. The molecule has 7 nitrogen and oxygen atoms in total. The maximum absolute atomic E-state index is 14.5. The lowest BCUT2D eigenvalue weighted by Crippen LogP contribution is -2.22. The van der Waals surface area contributed by atoms with E-state index in [1.54, 1.807) is 55.7 Å². The second-order valence-corrected chi connectivity index (χ2v) is 13.2. The standard InChI is InChI=1S/C24H30FN3O4S2.ClH/c1-16(2)33(29,30)20-9-10-23-22(14-20)24(17(3)28(23)15-19(25)11-12-26)18-7-6-8-21(13-18)34(31,32)27(4)5;/h6-11,13-14,16H,12,15,26H2,1-5H3;1H/b19-11-;. The fraction of sp³-hybridized carbons (Fsp3) is 0.333. The molecule has 3 aromatic rings. The van der Waals surface area contributed by atoms with Crippen molar-refractivity contribution in [2.45, 2.75) is 42.4 Å². The molecule has 0 unspecified atom stereocenters. The molecule has 35 heavy (non-hydrogen) atoms. The summed E-state index contributed by atoms with van der Waals surface area (Å²) < 4.78 is 68.5. The van der Waals surface area contributed by atoms with Gasteiger partial charge in [0, 0.05) is 42.8 Å². The van der Waals surface area contributed by atoms with Crippen LogP contribution in [-0.4, -0.2) is 51.6 Å². The van der Waals surface area contributed by atoms with Gasteiger partial charge in [0.15, 0.2) is 9.84 Å². The Hall–Kier alpha value is -2.24. The zero-order valence-corrected chi connectivity index (χ0v) is 22.8. The van der Waals surface area contributed by atoms with Crippen LogP contribution in [-0.2, 0) is 26.4 Å². The van der Waals surface area contributed by atoms with E-state index in [1.165, 1.54) is 32.3 Å². The predicted octanol–water partition coefficient (Wildman–Crippen LogP) is 4.28. The van der Waals surface area contributed by atoms with Crippen molar-refractivity contribution >= 4 is 43.2 Å². The highest BCUT2D eigenvalue weighted by Gasteiger charge is 2.24. The molecule has 0 aliphatic rings. The fourth-order valence-electron chi connectivity index (χ4n) is 3.84. The number of fused-ring (bicyclic) bond motifs is 1. The summed E-state index contributed by atoms with van der Waals surface area (Å²) in [5.41, 5.74) is 8.00. The Labute approximate surface area is 212 Å². The van der Waals surface area contributed by atoms with E-state index in [-0.39, 0.29) is 35.3 Å². The third-order valence-corrected chi connectivity index (χ3v) is 9.76. The van der Waals surface area contributed by atoms with Crippen molar-refractivity contribution in [3.05, 3.63) is 60.1 Å². The van der Waals surface area contributed by atoms with Crippen LogP contribution in [0.2, 0.25) is 0 Å². The van der Waals surface area contributed by atoms with Gasteiger partial charge in [-0.15, -0.1) is 12.4 Å². The quantitative estimate of drug-likeness (QED) is 0.457. The van der Waals surface area contributed by atoms with E-state index in [2.05, 4.69) is 0 Å². The molecule has 0 saturated heterocycles. The van der Waals surface area contributed by atoms with Gasteiger partial charge in [-0.2, -0.15) is 0 Å². The van der Waals surface area contributed by atoms with Gasteiger partial charge in [-0.1, -0.05) is 12.1 Å². The summed E-state index contributed by atoms with van der Waals surface area (Å²) in [5.74, 6) is -0.420. The first-order valence-electron chi connectivity index (χ1n) is 10.8. The van der Waals surface area contributed by atoms with E-state index in [0.29, 0.717) is 27.7 Å². The summed E-state index contributed by atoms with van der Waals surface area (Å²) in [6.07, 6.45) is 1.28. The second-order valence-electron chi connectivity index (χ2n) is 8.52. The molecular formula is C24H31ClFN3O4S2. The molecule has 0 aliphatic carbocycles. The van der Waals surface area contributed by atoms with Crippen LogP contribution >= 0.6 is 12.4 Å². The molecule has 3 rings (SSSR count). The van der Waals surface area contributed by atoms with Gasteiger partial charge in [0.2, 0.25) is 10.0 Å². The van der Waals surface area contributed by atoms with Crippen molar-refractivity contribution in [1.29, 1.82) is 0 Å². The number of sulfone groups is 1. The van der Waals surface area contributed by atoms with Crippen LogP contribution in [0.5, 0.6) is 0 Å².